The summed E-state index contributed by atoms with van der Waals surface area (Å²) in [7, 11) is 0. The van der Waals surface area contributed by atoms with Crippen molar-refractivity contribution in [2.45, 2.75) is 13.5 Å². The number of aromatic nitrogens is 5. The Bertz CT molecular complexity index is 1130. The Morgan fingerprint density at radius 3 is 2.67 bits per heavy atom. The maximum atomic E-state index is 11.4. The van der Waals surface area contributed by atoms with E-state index in [0.29, 0.717) is 34.7 Å². The molecule has 0 saturated heterocycles. The summed E-state index contributed by atoms with van der Waals surface area (Å²) < 4.78 is 7.22. The largest absolute Gasteiger partial charge is 0.460 e. The fourth-order valence-corrected chi connectivity index (χ4v) is 2.71. The molecule has 4 aromatic rings. The van der Waals surface area contributed by atoms with Crippen molar-refractivity contribution in [3.05, 3.63) is 53.3 Å². The van der Waals surface area contributed by atoms with E-state index in [0.717, 1.165) is 11.3 Å². The van der Waals surface area contributed by atoms with Crippen molar-refractivity contribution >= 4 is 23.0 Å². The highest BCUT2D eigenvalue weighted by Crippen LogP contribution is 2.27. The van der Waals surface area contributed by atoms with Gasteiger partial charge in [-0.2, -0.15) is 4.98 Å². The fourth-order valence-electron chi connectivity index (χ4n) is 2.71. The smallest absolute Gasteiger partial charge is 0.274 e. The van der Waals surface area contributed by atoms with Gasteiger partial charge in [-0.15, -0.1) is 5.10 Å². The summed E-state index contributed by atoms with van der Waals surface area (Å²) in [4.78, 5) is 19.9. The molecule has 27 heavy (non-hydrogen) atoms. The van der Waals surface area contributed by atoms with Gasteiger partial charge in [-0.25, -0.2) is 15.1 Å². The van der Waals surface area contributed by atoms with Gasteiger partial charge in [0.15, 0.2) is 16.9 Å². The molecule has 10 nitrogen and oxygen atoms in total. The number of aryl methyl sites for hydroxylation is 1. The summed E-state index contributed by atoms with van der Waals surface area (Å²) in [5.41, 5.74) is 10.1. The second kappa shape index (κ2) is 6.50. The minimum Gasteiger partial charge on any atom is -0.460 e. The van der Waals surface area contributed by atoms with Gasteiger partial charge in [0.05, 0.1) is 6.54 Å². The lowest BCUT2D eigenvalue weighted by molar-refractivity contribution is 0.0706. The normalized spacial score (nSPS) is 11.0. The van der Waals surface area contributed by atoms with Gasteiger partial charge in [0.25, 0.3) is 5.91 Å². The van der Waals surface area contributed by atoms with Crippen LogP contribution in [0.4, 0.5) is 5.95 Å². The molecule has 0 spiro atoms. The first-order valence-electron chi connectivity index (χ1n) is 8.02. The molecule has 3 heterocycles. The molecule has 0 unspecified atom stereocenters. The molecule has 1 amide bonds. The number of nitrogen functional groups attached to an aromatic ring is 1. The molecular weight excluding hydrogens is 350 g/mol. The molecule has 0 fully saturated rings. The van der Waals surface area contributed by atoms with Crippen LogP contribution in [0.2, 0.25) is 0 Å². The topological polar surface area (TPSA) is 145 Å². The highest BCUT2D eigenvalue weighted by molar-refractivity contribution is 5.93. The van der Waals surface area contributed by atoms with Gasteiger partial charge in [-0.3, -0.25) is 10.0 Å². The number of fused-ring (bicyclic) bond motifs is 1. The minimum atomic E-state index is -0.577. The average molecular weight is 365 g/mol. The number of amides is 1. The molecule has 0 aliphatic carbocycles. The third kappa shape index (κ3) is 3.09. The van der Waals surface area contributed by atoms with E-state index in [4.69, 9.17) is 15.4 Å². The SMILES string of the molecule is Cc1ccc(-c2nc(N)nc3c2nnn3Cc2ccc(C(=O)NO)cc2)o1. The van der Waals surface area contributed by atoms with Gasteiger partial charge in [0.1, 0.15) is 11.5 Å². The van der Waals surface area contributed by atoms with Crippen LogP contribution < -0.4 is 11.2 Å². The van der Waals surface area contributed by atoms with Gasteiger partial charge >= 0.3 is 0 Å². The Balaban J connectivity index is 1.71. The number of nitrogens with zero attached hydrogens (tertiary/aromatic N) is 5. The summed E-state index contributed by atoms with van der Waals surface area (Å²) >= 11 is 0. The predicted octanol–water partition coefficient (Wildman–Crippen LogP) is 1.54. The number of anilines is 1. The third-order valence-corrected chi connectivity index (χ3v) is 4.00. The Morgan fingerprint density at radius 1 is 1.22 bits per heavy atom. The van der Waals surface area contributed by atoms with Crippen LogP contribution in [0.25, 0.3) is 22.6 Å². The van der Waals surface area contributed by atoms with Crippen LogP contribution in [0, 0.1) is 6.92 Å². The predicted molar refractivity (Wildman–Crippen MR) is 94.8 cm³/mol. The van der Waals surface area contributed by atoms with E-state index in [1.807, 2.05) is 13.0 Å². The van der Waals surface area contributed by atoms with Gasteiger partial charge in [0.2, 0.25) is 5.95 Å². The highest BCUT2D eigenvalue weighted by Gasteiger charge is 2.17. The first-order chi connectivity index (χ1) is 13.0. The Morgan fingerprint density at radius 2 is 2.00 bits per heavy atom. The summed E-state index contributed by atoms with van der Waals surface area (Å²) in [5.74, 6) is 0.796. The Kier molecular flexibility index (Phi) is 4.01. The van der Waals surface area contributed by atoms with Crippen molar-refractivity contribution in [1.29, 1.82) is 0 Å². The van der Waals surface area contributed by atoms with Crippen LogP contribution in [-0.4, -0.2) is 36.1 Å². The lowest BCUT2D eigenvalue weighted by atomic mass is 10.1. The number of hydroxylamine groups is 1. The lowest BCUT2D eigenvalue weighted by Crippen LogP contribution is -2.18. The first kappa shape index (κ1) is 16.7. The molecular formula is C17H15N7O3. The summed E-state index contributed by atoms with van der Waals surface area (Å²) in [6.45, 7) is 2.20. The maximum Gasteiger partial charge on any atom is 0.274 e. The van der Waals surface area contributed by atoms with E-state index in [2.05, 4.69) is 20.3 Å². The van der Waals surface area contributed by atoms with Crippen LogP contribution in [0.3, 0.4) is 0 Å². The lowest BCUT2D eigenvalue weighted by Gasteiger charge is -2.05. The molecule has 0 bridgehead atoms. The summed E-state index contributed by atoms with van der Waals surface area (Å²) in [6, 6.07) is 10.3. The Hall–Kier alpha value is -3.79. The quantitative estimate of drug-likeness (QED) is 0.365. The van der Waals surface area contributed by atoms with Crippen molar-refractivity contribution in [2.75, 3.05) is 5.73 Å². The number of rotatable bonds is 4. The van der Waals surface area contributed by atoms with Gasteiger partial charge in [0, 0.05) is 5.56 Å². The number of carbonyl (C=O) groups excluding carboxylic acids is 1. The summed E-state index contributed by atoms with van der Waals surface area (Å²) in [5, 5.41) is 17.0. The van der Waals surface area contributed by atoms with E-state index in [1.54, 1.807) is 40.5 Å². The van der Waals surface area contributed by atoms with Gasteiger partial charge < -0.3 is 10.2 Å². The molecule has 0 saturated carbocycles. The van der Waals surface area contributed by atoms with Gasteiger partial charge in [-0.05, 0) is 36.8 Å². The molecule has 1 aromatic carbocycles. The molecule has 3 aromatic heterocycles. The van der Waals surface area contributed by atoms with Crippen LogP contribution in [0.1, 0.15) is 21.7 Å². The molecule has 0 aliphatic rings. The molecule has 0 radical (unpaired) electrons. The van der Waals surface area contributed by atoms with Gasteiger partial charge in [-0.1, -0.05) is 17.3 Å². The van der Waals surface area contributed by atoms with Crippen molar-refractivity contribution < 1.29 is 14.4 Å². The zero-order chi connectivity index (χ0) is 19.0. The fraction of sp³-hybridized carbons (Fsp3) is 0.118. The van der Waals surface area contributed by atoms with Crippen molar-refractivity contribution in [2.24, 2.45) is 0 Å². The van der Waals surface area contributed by atoms with Crippen molar-refractivity contribution in [3.8, 4) is 11.5 Å². The number of benzene rings is 1. The maximum absolute atomic E-state index is 11.4. The highest BCUT2D eigenvalue weighted by atomic mass is 16.5. The van der Waals surface area contributed by atoms with E-state index >= 15 is 0 Å². The average Bonchev–Trinajstić information content (AvgIpc) is 3.28. The monoisotopic (exact) mass is 365 g/mol. The molecule has 0 atom stereocenters. The van der Waals surface area contributed by atoms with Crippen LogP contribution in [0.15, 0.2) is 40.8 Å². The van der Waals surface area contributed by atoms with E-state index in [1.165, 1.54) is 0 Å². The third-order valence-electron chi connectivity index (χ3n) is 4.00. The minimum absolute atomic E-state index is 0.0880. The number of nitrogens with one attached hydrogen (secondary N) is 1. The molecule has 136 valence electrons. The standard InChI is InChI=1S/C17H15N7O3/c1-9-2-7-12(27-9)13-14-15(20-17(18)19-13)24(23-21-14)8-10-3-5-11(6-4-10)16(25)22-26/h2-7,26H,8H2,1H3,(H,22,25)(H2,18,19,20). The number of carbonyl (C=O) groups is 1. The zero-order valence-corrected chi connectivity index (χ0v) is 14.2. The molecule has 0 aliphatic heterocycles. The van der Waals surface area contributed by atoms with Crippen LogP contribution in [0.5, 0.6) is 0 Å². The van der Waals surface area contributed by atoms with Crippen LogP contribution >= 0.6 is 0 Å². The van der Waals surface area contributed by atoms with Crippen molar-refractivity contribution in [1.82, 2.24) is 30.4 Å². The number of hydrogen-bond acceptors (Lipinski definition) is 8. The van der Waals surface area contributed by atoms with E-state index < -0.39 is 5.91 Å². The molecule has 4 N–H and O–H groups in total. The molecule has 4 rings (SSSR count). The molecule has 10 heteroatoms. The number of nitrogens with two attached hydrogens (primary N) is 1. The second-order valence-corrected chi connectivity index (χ2v) is 5.90. The van der Waals surface area contributed by atoms with E-state index in [9.17, 15) is 4.79 Å². The first-order valence-corrected chi connectivity index (χ1v) is 8.02. The second-order valence-electron chi connectivity index (χ2n) is 5.90. The van der Waals surface area contributed by atoms with Crippen molar-refractivity contribution in [3.63, 3.8) is 0 Å². The van der Waals surface area contributed by atoms with E-state index in [-0.39, 0.29) is 5.95 Å². The zero-order valence-electron chi connectivity index (χ0n) is 14.2. The number of furan rings is 1. The summed E-state index contributed by atoms with van der Waals surface area (Å²) in [6.07, 6.45) is 0. The van der Waals surface area contributed by atoms with Crippen LogP contribution in [-0.2, 0) is 6.54 Å². The number of hydrogen-bond donors (Lipinski definition) is 3. The Labute approximate surface area is 152 Å².